The molecule has 0 spiro atoms. The first-order valence-corrected chi connectivity index (χ1v) is 19.6. The lowest BCUT2D eigenvalue weighted by Gasteiger charge is -2.22. The average Bonchev–Trinajstić information content (AvgIpc) is 3.74. The lowest BCUT2D eigenvalue weighted by Crippen LogP contribution is -2.15. The van der Waals surface area contributed by atoms with Gasteiger partial charge in [-0.1, -0.05) is 166 Å². The van der Waals surface area contributed by atoms with Crippen LogP contribution in [-0.2, 0) is 5.41 Å². The molecule has 0 fully saturated rings. The summed E-state index contributed by atoms with van der Waals surface area (Å²) in [5.41, 5.74) is 14.7. The van der Waals surface area contributed by atoms with Gasteiger partial charge in [-0.05, 0) is 124 Å². The van der Waals surface area contributed by atoms with Crippen molar-refractivity contribution in [2.75, 3.05) is 0 Å². The van der Waals surface area contributed by atoms with Crippen molar-refractivity contribution in [2.45, 2.75) is 19.3 Å². The zero-order chi connectivity index (χ0) is 37.1. The highest BCUT2D eigenvalue weighted by molar-refractivity contribution is 6.24. The Morgan fingerprint density at radius 2 is 0.875 bits per heavy atom. The van der Waals surface area contributed by atoms with Crippen LogP contribution in [0.2, 0.25) is 0 Å². The van der Waals surface area contributed by atoms with E-state index >= 15 is 0 Å². The maximum Gasteiger partial charge on any atom is 0.136 e. The van der Waals surface area contributed by atoms with Gasteiger partial charge in [-0.3, -0.25) is 0 Å². The van der Waals surface area contributed by atoms with Crippen LogP contribution in [0.4, 0.5) is 0 Å². The maximum atomic E-state index is 6.36. The average molecular weight is 713 g/mol. The van der Waals surface area contributed by atoms with Gasteiger partial charge in [-0.2, -0.15) is 0 Å². The maximum absolute atomic E-state index is 6.36. The minimum Gasteiger partial charge on any atom is -0.456 e. The smallest absolute Gasteiger partial charge is 0.136 e. The lowest BCUT2D eigenvalue weighted by molar-refractivity contribution is 0.661. The van der Waals surface area contributed by atoms with E-state index in [2.05, 4.69) is 196 Å². The number of furan rings is 1. The van der Waals surface area contributed by atoms with Crippen LogP contribution in [0.5, 0.6) is 0 Å². The molecule has 262 valence electrons. The van der Waals surface area contributed by atoms with Crippen LogP contribution in [0, 0.1) is 0 Å². The number of para-hydroxylation sites is 1. The number of hydrogen-bond acceptors (Lipinski definition) is 1. The molecule has 1 heteroatoms. The van der Waals surface area contributed by atoms with Crippen LogP contribution in [0.3, 0.4) is 0 Å². The minimum absolute atomic E-state index is 0.149. The quantitative estimate of drug-likeness (QED) is 0.166. The lowest BCUT2D eigenvalue weighted by atomic mass is 9.81. The molecule has 56 heavy (non-hydrogen) atoms. The van der Waals surface area contributed by atoms with Crippen molar-refractivity contribution >= 4 is 65.0 Å². The summed E-state index contributed by atoms with van der Waals surface area (Å²) in [5, 5.41) is 12.5. The predicted molar refractivity (Wildman–Crippen MR) is 238 cm³/mol. The summed E-state index contributed by atoms with van der Waals surface area (Å²) >= 11 is 0. The Morgan fingerprint density at radius 3 is 1.59 bits per heavy atom. The first-order valence-electron chi connectivity index (χ1n) is 19.6. The Balaban J connectivity index is 0.989. The molecule has 11 aromatic rings. The normalized spacial score (nSPS) is 13.3. The van der Waals surface area contributed by atoms with Crippen LogP contribution in [-0.4, -0.2) is 0 Å². The van der Waals surface area contributed by atoms with E-state index in [-0.39, 0.29) is 5.41 Å². The first kappa shape index (κ1) is 31.4. The highest BCUT2D eigenvalue weighted by atomic mass is 16.3. The van der Waals surface area contributed by atoms with Crippen molar-refractivity contribution in [2.24, 2.45) is 0 Å². The zero-order valence-corrected chi connectivity index (χ0v) is 31.2. The number of hydrogen-bond donors (Lipinski definition) is 0. The van der Waals surface area contributed by atoms with Gasteiger partial charge in [-0.25, -0.2) is 0 Å². The fourth-order valence-electron chi connectivity index (χ4n) is 9.97. The van der Waals surface area contributed by atoms with E-state index in [1.807, 2.05) is 0 Å². The molecule has 0 atom stereocenters. The molecule has 1 aliphatic rings. The van der Waals surface area contributed by atoms with Gasteiger partial charge in [0.2, 0.25) is 0 Å². The van der Waals surface area contributed by atoms with Gasteiger partial charge < -0.3 is 4.42 Å². The van der Waals surface area contributed by atoms with Crippen molar-refractivity contribution < 1.29 is 4.42 Å². The third kappa shape index (κ3) is 4.37. The Bertz CT molecular complexity index is 3380. The van der Waals surface area contributed by atoms with E-state index < -0.39 is 0 Å². The van der Waals surface area contributed by atoms with E-state index in [0.717, 1.165) is 11.2 Å². The third-order valence-corrected chi connectivity index (χ3v) is 12.6. The second-order valence-electron chi connectivity index (χ2n) is 16.0. The topological polar surface area (TPSA) is 13.1 Å². The number of benzene rings is 10. The number of fused-ring (bicyclic) bond motifs is 12. The Morgan fingerprint density at radius 1 is 0.339 bits per heavy atom. The number of rotatable bonds is 3. The summed E-state index contributed by atoms with van der Waals surface area (Å²) in [4.78, 5) is 0. The molecule has 10 aromatic carbocycles. The Hall–Kier alpha value is -6.96. The molecule has 0 aliphatic heterocycles. The van der Waals surface area contributed by atoms with E-state index in [4.69, 9.17) is 4.42 Å². The molecule has 12 rings (SSSR count). The molecule has 0 unspecified atom stereocenters. The summed E-state index contributed by atoms with van der Waals surface area (Å²) in [7, 11) is 0. The molecular weight excluding hydrogens is 677 g/mol. The highest BCUT2D eigenvalue weighted by Gasteiger charge is 2.37. The van der Waals surface area contributed by atoms with Crippen LogP contribution in [0.1, 0.15) is 25.0 Å². The first-order chi connectivity index (χ1) is 27.5. The largest absolute Gasteiger partial charge is 0.456 e. The molecule has 1 aromatic heterocycles. The van der Waals surface area contributed by atoms with Crippen molar-refractivity contribution in [3.8, 4) is 44.5 Å². The predicted octanol–water partition coefficient (Wildman–Crippen LogP) is 15.5. The third-order valence-electron chi connectivity index (χ3n) is 12.6. The Kier molecular flexibility index (Phi) is 6.46. The molecule has 0 saturated carbocycles. The molecule has 1 nitrogen and oxygen atoms in total. The summed E-state index contributed by atoms with van der Waals surface area (Å²) in [6.45, 7) is 4.76. The van der Waals surface area contributed by atoms with Gasteiger partial charge in [0.05, 0.1) is 0 Å². The minimum atomic E-state index is -0.149. The molecule has 0 N–H and O–H groups in total. The molecule has 0 bridgehead atoms. The molecule has 1 aliphatic carbocycles. The van der Waals surface area contributed by atoms with Gasteiger partial charge in [0.1, 0.15) is 11.2 Å². The van der Waals surface area contributed by atoms with Crippen molar-refractivity contribution in [1.82, 2.24) is 0 Å². The highest BCUT2D eigenvalue weighted by Crippen LogP contribution is 2.54. The summed E-state index contributed by atoms with van der Waals surface area (Å²) < 4.78 is 6.36. The standard InChI is InChI=1S/C55H36O/c1-55(2)46-28-25-34-26-29-49-54(45-18-10-11-19-48(45)56-49)52(34)53(46)44-27-24-38(32-47(44)55)36-20-21-37-31-39(23-22-35(37)30-36)51-42-16-8-6-14-40(42)50(33-12-4-3-5-13-33)41-15-7-9-17-43(41)51/h3-32H,1-2H3. The molecule has 0 saturated heterocycles. The van der Waals surface area contributed by atoms with Crippen molar-refractivity contribution in [3.63, 3.8) is 0 Å². The summed E-state index contributed by atoms with van der Waals surface area (Å²) in [6, 6.07) is 67.1. The fourth-order valence-corrected chi connectivity index (χ4v) is 9.97. The molecular formula is C55H36O. The zero-order valence-electron chi connectivity index (χ0n) is 31.2. The van der Waals surface area contributed by atoms with Crippen LogP contribution in [0.15, 0.2) is 186 Å². The second kappa shape index (κ2) is 11.5. The van der Waals surface area contributed by atoms with E-state index in [9.17, 15) is 0 Å². The Labute approximate surface area is 325 Å². The van der Waals surface area contributed by atoms with Gasteiger partial charge in [0.15, 0.2) is 0 Å². The van der Waals surface area contributed by atoms with Gasteiger partial charge in [-0.15, -0.1) is 0 Å². The van der Waals surface area contributed by atoms with Crippen LogP contribution in [0.25, 0.3) is 110 Å². The van der Waals surface area contributed by atoms with Gasteiger partial charge in [0, 0.05) is 21.6 Å². The van der Waals surface area contributed by atoms with E-state index in [1.54, 1.807) is 0 Å². The van der Waals surface area contributed by atoms with Crippen LogP contribution < -0.4 is 0 Å². The van der Waals surface area contributed by atoms with Gasteiger partial charge in [0.25, 0.3) is 0 Å². The molecule has 0 radical (unpaired) electrons. The van der Waals surface area contributed by atoms with E-state index in [1.165, 1.54) is 109 Å². The molecule has 1 heterocycles. The van der Waals surface area contributed by atoms with Crippen LogP contribution >= 0.6 is 0 Å². The fraction of sp³-hybridized carbons (Fsp3) is 0.0545. The van der Waals surface area contributed by atoms with Crippen molar-refractivity contribution in [3.05, 3.63) is 193 Å². The van der Waals surface area contributed by atoms with Crippen molar-refractivity contribution in [1.29, 1.82) is 0 Å². The second-order valence-corrected chi connectivity index (χ2v) is 16.0. The molecule has 0 amide bonds. The SMILES string of the molecule is CC1(C)c2cc(-c3ccc4cc(-c5c6ccccc6c(-c6ccccc6)c6ccccc56)ccc4c3)ccc2-c2c1ccc1ccc3oc4ccccc4c3c21. The summed E-state index contributed by atoms with van der Waals surface area (Å²) in [6.07, 6.45) is 0. The van der Waals surface area contributed by atoms with Gasteiger partial charge >= 0.3 is 0 Å². The van der Waals surface area contributed by atoms with E-state index in [0.29, 0.717) is 0 Å². The summed E-state index contributed by atoms with van der Waals surface area (Å²) in [5.74, 6) is 0. The monoisotopic (exact) mass is 712 g/mol.